The summed E-state index contributed by atoms with van der Waals surface area (Å²) >= 11 is 1.76. The summed E-state index contributed by atoms with van der Waals surface area (Å²) in [6.45, 7) is 0.671. The highest BCUT2D eigenvalue weighted by Crippen LogP contribution is 2.36. The number of ether oxygens (including phenoxy) is 1. The molecule has 0 radical (unpaired) electrons. The van der Waals surface area contributed by atoms with Crippen LogP contribution in [0.25, 0.3) is 0 Å². The number of thioether (sulfide) groups is 1. The molecule has 112 valence electrons. The molecule has 1 aliphatic heterocycles. The molecule has 0 saturated carbocycles. The number of benzene rings is 1. The molecule has 0 spiro atoms. The van der Waals surface area contributed by atoms with Crippen molar-refractivity contribution >= 4 is 11.8 Å². The van der Waals surface area contributed by atoms with E-state index in [1.54, 1.807) is 11.8 Å². The third-order valence-electron chi connectivity index (χ3n) is 3.68. The second-order valence-corrected chi connectivity index (χ2v) is 6.09. The Balaban J connectivity index is 1.81. The van der Waals surface area contributed by atoms with Gasteiger partial charge in [0.05, 0.1) is 18.6 Å². The van der Waals surface area contributed by atoms with Crippen molar-refractivity contribution in [3.63, 3.8) is 0 Å². The van der Waals surface area contributed by atoms with Crippen molar-refractivity contribution in [1.29, 1.82) is 0 Å². The summed E-state index contributed by atoms with van der Waals surface area (Å²) in [5.41, 5.74) is 7.20. The Morgan fingerprint density at radius 1 is 1.43 bits per heavy atom. The van der Waals surface area contributed by atoms with Crippen LogP contribution in [0, 0.1) is 0 Å². The molecule has 0 aliphatic carbocycles. The molecule has 1 aromatic carbocycles. The van der Waals surface area contributed by atoms with Crippen LogP contribution < -0.4 is 10.5 Å². The van der Waals surface area contributed by atoms with Crippen molar-refractivity contribution in [3.05, 3.63) is 41.5 Å². The highest BCUT2D eigenvalue weighted by atomic mass is 32.2. The van der Waals surface area contributed by atoms with E-state index in [9.17, 15) is 0 Å². The second-order valence-electron chi connectivity index (χ2n) is 5.11. The number of rotatable bonds is 5. The van der Waals surface area contributed by atoms with Crippen LogP contribution in [-0.4, -0.2) is 28.8 Å². The Labute approximate surface area is 128 Å². The van der Waals surface area contributed by atoms with E-state index in [0.717, 1.165) is 29.9 Å². The second kappa shape index (κ2) is 6.49. The average molecular weight is 305 g/mol. The first kappa shape index (κ1) is 14.4. The summed E-state index contributed by atoms with van der Waals surface area (Å²) in [7, 11) is 0. The number of para-hydroxylation sites is 1. The summed E-state index contributed by atoms with van der Waals surface area (Å²) in [4.78, 5) is 4.52. The van der Waals surface area contributed by atoms with Gasteiger partial charge in [-0.05, 0) is 30.9 Å². The number of nitrogens with two attached hydrogens (primary N) is 1. The summed E-state index contributed by atoms with van der Waals surface area (Å²) in [6.07, 6.45) is 3.76. The molecule has 21 heavy (non-hydrogen) atoms. The predicted molar refractivity (Wildman–Crippen MR) is 82.6 cm³/mol. The minimum atomic E-state index is -0.186. The standard InChI is InChI=1S/C15H19N3O2S/c1-21-9-7-12(16)15-17-14(18-20-15)11-6-8-19-13-5-3-2-4-10(11)13/h2-5,11-12H,6-9,16H2,1H3. The van der Waals surface area contributed by atoms with Gasteiger partial charge in [-0.1, -0.05) is 23.4 Å². The van der Waals surface area contributed by atoms with Gasteiger partial charge in [-0.15, -0.1) is 0 Å². The Morgan fingerprint density at radius 2 is 2.29 bits per heavy atom. The maximum atomic E-state index is 6.08. The van der Waals surface area contributed by atoms with Crippen LogP contribution in [-0.2, 0) is 0 Å². The number of hydrogen-bond donors (Lipinski definition) is 1. The zero-order chi connectivity index (χ0) is 14.7. The topological polar surface area (TPSA) is 74.2 Å². The van der Waals surface area contributed by atoms with Crippen molar-refractivity contribution in [2.75, 3.05) is 18.6 Å². The minimum Gasteiger partial charge on any atom is -0.493 e. The highest BCUT2D eigenvalue weighted by Gasteiger charge is 2.27. The van der Waals surface area contributed by atoms with Gasteiger partial charge in [0.25, 0.3) is 0 Å². The fraction of sp³-hybridized carbons (Fsp3) is 0.467. The number of fused-ring (bicyclic) bond motifs is 1. The number of aromatic nitrogens is 2. The molecule has 1 aliphatic rings. The van der Waals surface area contributed by atoms with Crippen molar-refractivity contribution in [3.8, 4) is 5.75 Å². The lowest BCUT2D eigenvalue weighted by Crippen LogP contribution is -2.16. The van der Waals surface area contributed by atoms with E-state index in [2.05, 4.69) is 22.5 Å². The first-order valence-corrected chi connectivity index (χ1v) is 8.48. The van der Waals surface area contributed by atoms with E-state index in [1.807, 2.05) is 18.2 Å². The molecule has 2 unspecified atom stereocenters. The van der Waals surface area contributed by atoms with Crippen molar-refractivity contribution in [1.82, 2.24) is 10.1 Å². The molecule has 2 atom stereocenters. The van der Waals surface area contributed by atoms with E-state index in [4.69, 9.17) is 15.0 Å². The van der Waals surface area contributed by atoms with Crippen LogP contribution in [0.15, 0.2) is 28.8 Å². The third-order valence-corrected chi connectivity index (χ3v) is 4.32. The lowest BCUT2D eigenvalue weighted by Gasteiger charge is -2.23. The fourth-order valence-corrected chi connectivity index (χ4v) is 3.01. The molecule has 2 aromatic rings. The van der Waals surface area contributed by atoms with Gasteiger partial charge in [0.2, 0.25) is 5.89 Å². The normalized spacial score (nSPS) is 18.9. The molecule has 3 rings (SSSR count). The molecule has 2 N–H and O–H groups in total. The largest absolute Gasteiger partial charge is 0.493 e. The van der Waals surface area contributed by atoms with Crippen LogP contribution >= 0.6 is 11.8 Å². The van der Waals surface area contributed by atoms with E-state index in [1.165, 1.54) is 0 Å². The molecule has 0 bridgehead atoms. The molecule has 0 amide bonds. The van der Waals surface area contributed by atoms with Gasteiger partial charge in [0.1, 0.15) is 5.75 Å². The van der Waals surface area contributed by atoms with Gasteiger partial charge in [-0.3, -0.25) is 0 Å². The van der Waals surface area contributed by atoms with Gasteiger partial charge in [-0.25, -0.2) is 0 Å². The van der Waals surface area contributed by atoms with Crippen LogP contribution in [0.5, 0.6) is 5.75 Å². The fourth-order valence-electron chi connectivity index (χ4n) is 2.52. The molecule has 6 heteroatoms. The molecule has 2 heterocycles. The van der Waals surface area contributed by atoms with Crippen LogP contribution in [0.4, 0.5) is 0 Å². The van der Waals surface area contributed by atoms with Gasteiger partial charge in [-0.2, -0.15) is 16.7 Å². The Kier molecular flexibility index (Phi) is 4.45. The smallest absolute Gasteiger partial charge is 0.243 e. The molecule has 1 aromatic heterocycles. The van der Waals surface area contributed by atoms with Gasteiger partial charge < -0.3 is 15.0 Å². The van der Waals surface area contributed by atoms with Crippen LogP contribution in [0.3, 0.4) is 0 Å². The van der Waals surface area contributed by atoms with Gasteiger partial charge in [0, 0.05) is 5.56 Å². The average Bonchev–Trinajstić information content (AvgIpc) is 3.02. The van der Waals surface area contributed by atoms with E-state index < -0.39 is 0 Å². The molecular formula is C15H19N3O2S. The maximum absolute atomic E-state index is 6.08. The zero-order valence-corrected chi connectivity index (χ0v) is 12.8. The van der Waals surface area contributed by atoms with Crippen LogP contribution in [0.1, 0.15) is 42.1 Å². The monoisotopic (exact) mass is 305 g/mol. The summed E-state index contributed by atoms with van der Waals surface area (Å²) in [6, 6.07) is 7.83. The van der Waals surface area contributed by atoms with E-state index in [0.29, 0.717) is 18.3 Å². The molecule has 5 nitrogen and oxygen atoms in total. The minimum absolute atomic E-state index is 0.125. The summed E-state index contributed by atoms with van der Waals surface area (Å²) < 4.78 is 11.0. The van der Waals surface area contributed by atoms with Crippen molar-refractivity contribution < 1.29 is 9.26 Å². The number of nitrogens with zero attached hydrogens (tertiary/aromatic N) is 2. The Morgan fingerprint density at radius 3 is 3.14 bits per heavy atom. The van der Waals surface area contributed by atoms with E-state index in [-0.39, 0.29) is 12.0 Å². The van der Waals surface area contributed by atoms with Gasteiger partial charge >= 0.3 is 0 Å². The summed E-state index contributed by atoms with van der Waals surface area (Å²) in [5.74, 6) is 3.26. The Hall–Kier alpha value is -1.53. The lowest BCUT2D eigenvalue weighted by molar-refractivity contribution is 0.271. The first-order chi connectivity index (χ1) is 10.3. The van der Waals surface area contributed by atoms with Crippen LogP contribution in [0.2, 0.25) is 0 Å². The zero-order valence-electron chi connectivity index (χ0n) is 12.0. The quantitative estimate of drug-likeness (QED) is 0.915. The van der Waals surface area contributed by atoms with E-state index >= 15 is 0 Å². The lowest BCUT2D eigenvalue weighted by atomic mass is 9.92. The number of hydrogen-bond acceptors (Lipinski definition) is 6. The maximum Gasteiger partial charge on any atom is 0.243 e. The van der Waals surface area contributed by atoms with Crippen molar-refractivity contribution in [2.45, 2.75) is 24.8 Å². The van der Waals surface area contributed by atoms with Gasteiger partial charge in [0.15, 0.2) is 5.82 Å². The molecule has 0 saturated heterocycles. The predicted octanol–water partition coefficient (Wildman–Crippen LogP) is 2.74. The molecular weight excluding hydrogens is 286 g/mol. The highest BCUT2D eigenvalue weighted by molar-refractivity contribution is 7.98. The third kappa shape index (κ3) is 3.06. The SMILES string of the molecule is CSCCC(N)c1nc(C2CCOc3ccccc32)no1. The molecule has 0 fully saturated rings. The first-order valence-electron chi connectivity index (χ1n) is 7.09. The van der Waals surface area contributed by atoms with Crippen molar-refractivity contribution in [2.24, 2.45) is 5.73 Å². The summed E-state index contributed by atoms with van der Waals surface area (Å²) in [5, 5.41) is 4.14. The Bertz CT molecular complexity index is 602.